The van der Waals surface area contributed by atoms with E-state index in [4.69, 9.17) is 0 Å². The number of aromatic amines is 1. The number of nitrogens with one attached hydrogen (secondary N) is 1. The van der Waals surface area contributed by atoms with Gasteiger partial charge in [-0.15, -0.1) is 0 Å². The van der Waals surface area contributed by atoms with Crippen LogP contribution in [0.3, 0.4) is 0 Å². The number of hydrogen-bond donors (Lipinski definition) is 2. The highest BCUT2D eigenvalue weighted by Gasteiger charge is 2.38. The summed E-state index contributed by atoms with van der Waals surface area (Å²) in [6.45, 7) is 4.10. The summed E-state index contributed by atoms with van der Waals surface area (Å²) in [7, 11) is -0.637. The van der Waals surface area contributed by atoms with Gasteiger partial charge < -0.3 is 15.0 Å². The van der Waals surface area contributed by atoms with E-state index in [1.165, 1.54) is 19.0 Å². The molecule has 0 bridgehead atoms. The molecule has 1 amide bonds. The van der Waals surface area contributed by atoms with E-state index in [1.807, 2.05) is 13.8 Å². The molecule has 1 aromatic heterocycles. The van der Waals surface area contributed by atoms with Gasteiger partial charge in [0.15, 0.2) is 0 Å². The molecule has 1 fully saturated rings. The molecule has 146 valence electrons. The third-order valence-corrected chi connectivity index (χ3v) is 6.28. The molecule has 0 saturated carbocycles. The minimum absolute atomic E-state index is 0.00715. The molecule has 9 nitrogen and oxygen atoms in total. The number of carbonyl (C=O) groups excluding carboxylic acids is 1. The van der Waals surface area contributed by atoms with Crippen molar-refractivity contribution in [1.29, 1.82) is 0 Å². The zero-order valence-corrected chi connectivity index (χ0v) is 16.3. The number of sulfonamides is 1. The molecule has 0 aromatic carbocycles. The van der Waals surface area contributed by atoms with Gasteiger partial charge in [-0.3, -0.25) is 4.79 Å². The fourth-order valence-corrected chi connectivity index (χ4v) is 4.10. The van der Waals surface area contributed by atoms with Gasteiger partial charge in [0.2, 0.25) is 10.0 Å². The number of aromatic nitrogens is 2. The number of likely N-dealkylation sites (tertiary alicyclic amines) is 1. The molecule has 1 aliphatic rings. The van der Waals surface area contributed by atoms with Crippen LogP contribution in [0.4, 0.5) is 0 Å². The predicted octanol–water partition coefficient (Wildman–Crippen LogP) is -0.707. The highest BCUT2D eigenvalue weighted by molar-refractivity contribution is 7.89. The van der Waals surface area contributed by atoms with E-state index < -0.39 is 33.6 Å². The van der Waals surface area contributed by atoms with Gasteiger partial charge in [0.1, 0.15) is 5.69 Å². The minimum Gasteiger partial charge on any atom is -0.391 e. The van der Waals surface area contributed by atoms with Crippen molar-refractivity contribution in [3.8, 4) is 0 Å². The van der Waals surface area contributed by atoms with Crippen LogP contribution >= 0.6 is 0 Å². The first-order valence-electron chi connectivity index (χ1n) is 8.47. The van der Waals surface area contributed by atoms with Gasteiger partial charge in [-0.25, -0.2) is 17.5 Å². The molecule has 1 aromatic rings. The summed E-state index contributed by atoms with van der Waals surface area (Å²) >= 11 is 0. The van der Waals surface area contributed by atoms with Crippen molar-refractivity contribution in [1.82, 2.24) is 19.2 Å². The van der Waals surface area contributed by atoms with Gasteiger partial charge in [0.25, 0.3) is 5.91 Å². The Morgan fingerprint density at radius 3 is 2.65 bits per heavy atom. The van der Waals surface area contributed by atoms with Crippen LogP contribution in [-0.2, 0) is 16.4 Å². The molecule has 10 heteroatoms. The van der Waals surface area contributed by atoms with E-state index in [-0.39, 0.29) is 24.5 Å². The Labute approximate surface area is 153 Å². The summed E-state index contributed by atoms with van der Waals surface area (Å²) in [6, 6.07) is 1.54. The van der Waals surface area contributed by atoms with Crippen LogP contribution in [0.5, 0.6) is 0 Å². The third kappa shape index (κ3) is 4.89. The van der Waals surface area contributed by atoms with Crippen LogP contribution < -0.4 is 5.69 Å². The lowest BCUT2D eigenvalue weighted by molar-refractivity contribution is 0.0758. The van der Waals surface area contributed by atoms with E-state index in [2.05, 4.69) is 9.97 Å². The average molecular weight is 386 g/mol. The smallest absolute Gasteiger partial charge is 0.345 e. The summed E-state index contributed by atoms with van der Waals surface area (Å²) in [5.74, 6) is -1.01. The molecule has 26 heavy (non-hydrogen) atoms. The van der Waals surface area contributed by atoms with Crippen molar-refractivity contribution in [2.75, 3.05) is 32.9 Å². The van der Waals surface area contributed by atoms with Crippen molar-refractivity contribution in [2.24, 2.45) is 11.8 Å². The molecular weight excluding hydrogens is 360 g/mol. The Balaban J connectivity index is 2.16. The number of nitrogens with zero attached hydrogens (tertiary/aromatic N) is 3. The van der Waals surface area contributed by atoms with E-state index in [9.17, 15) is 23.1 Å². The highest BCUT2D eigenvalue weighted by Crippen LogP contribution is 2.21. The normalized spacial score (nSPS) is 21.0. The van der Waals surface area contributed by atoms with Crippen LogP contribution in [0, 0.1) is 11.8 Å². The number of aliphatic hydroxyl groups excluding tert-OH is 1. The van der Waals surface area contributed by atoms with Gasteiger partial charge in [0.05, 0.1) is 11.9 Å². The summed E-state index contributed by atoms with van der Waals surface area (Å²) < 4.78 is 25.1. The Morgan fingerprint density at radius 2 is 2.08 bits per heavy atom. The van der Waals surface area contributed by atoms with Crippen molar-refractivity contribution in [3.05, 3.63) is 27.9 Å². The van der Waals surface area contributed by atoms with Gasteiger partial charge >= 0.3 is 5.69 Å². The zero-order valence-electron chi connectivity index (χ0n) is 15.5. The lowest BCUT2D eigenvalue weighted by Crippen LogP contribution is -2.34. The number of H-pyrrole nitrogens is 1. The molecule has 1 aliphatic heterocycles. The van der Waals surface area contributed by atoms with Crippen LogP contribution in [0.1, 0.15) is 30.0 Å². The second-order valence-corrected chi connectivity index (χ2v) is 9.52. The molecule has 2 atom stereocenters. The largest absolute Gasteiger partial charge is 0.391 e. The first-order chi connectivity index (χ1) is 12.0. The maximum atomic E-state index is 12.7. The predicted molar refractivity (Wildman–Crippen MR) is 96.3 cm³/mol. The second kappa shape index (κ2) is 7.85. The van der Waals surface area contributed by atoms with Crippen molar-refractivity contribution >= 4 is 15.9 Å². The van der Waals surface area contributed by atoms with E-state index >= 15 is 0 Å². The van der Waals surface area contributed by atoms with E-state index in [0.717, 1.165) is 4.31 Å². The molecule has 2 N–H and O–H groups in total. The van der Waals surface area contributed by atoms with Gasteiger partial charge in [-0.2, -0.15) is 4.98 Å². The van der Waals surface area contributed by atoms with Crippen molar-refractivity contribution < 1.29 is 18.3 Å². The third-order valence-electron chi connectivity index (χ3n) is 4.32. The molecule has 0 radical (unpaired) electrons. The number of hydrogen-bond acceptors (Lipinski definition) is 6. The van der Waals surface area contributed by atoms with Crippen molar-refractivity contribution in [2.45, 2.75) is 26.4 Å². The number of amides is 1. The lowest BCUT2D eigenvalue weighted by Gasteiger charge is -2.18. The van der Waals surface area contributed by atoms with Gasteiger partial charge in [-0.1, -0.05) is 13.8 Å². The first kappa shape index (κ1) is 20.5. The fraction of sp³-hybridized carbons (Fsp3) is 0.688. The monoisotopic (exact) mass is 386 g/mol. The maximum Gasteiger partial charge on any atom is 0.345 e. The molecular formula is C16H26N4O5S. The maximum absolute atomic E-state index is 12.7. The Kier molecular flexibility index (Phi) is 6.20. The quantitative estimate of drug-likeness (QED) is 0.666. The Hall–Kier alpha value is -1.78. The van der Waals surface area contributed by atoms with Crippen LogP contribution in [0.15, 0.2) is 10.9 Å². The van der Waals surface area contributed by atoms with Gasteiger partial charge in [-0.05, 0) is 18.4 Å². The summed E-state index contributed by atoms with van der Waals surface area (Å²) in [4.78, 5) is 32.1. The molecule has 2 rings (SSSR count). The van der Waals surface area contributed by atoms with Crippen LogP contribution in [0.25, 0.3) is 0 Å². The summed E-state index contributed by atoms with van der Waals surface area (Å²) in [5.41, 5.74) is 0.0283. The minimum atomic E-state index is -3.49. The SMILES string of the molecule is CC(C)Cc1cc(C(=O)N2C[C@@H](CS(=O)(=O)N(C)C)[C@H](O)C2)nc(=O)[nH]1. The van der Waals surface area contributed by atoms with Crippen LogP contribution in [-0.4, -0.2) is 77.6 Å². The number of rotatable bonds is 6. The van der Waals surface area contributed by atoms with Gasteiger partial charge in [0, 0.05) is 38.8 Å². The molecule has 2 heterocycles. The highest BCUT2D eigenvalue weighted by atomic mass is 32.2. The Bertz CT molecular complexity index is 818. The molecule has 0 spiro atoms. The number of aliphatic hydroxyl groups is 1. The topological polar surface area (TPSA) is 124 Å². The second-order valence-electron chi connectivity index (χ2n) is 7.29. The summed E-state index contributed by atoms with van der Waals surface area (Å²) in [6.07, 6.45) is -0.338. The molecule has 0 aliphatic carbocycles. The zero-order chi connectivity index (χ0) is 19.6. The first-order valence-corrected chi connectivity index (χ1v) is 10.1. The summed E-state index contributed by atoms with van der Waals surface area (Å²) in [5, 5.41) is 10.2. The fourth-order valence-electron chi connectivity index (χ4n) is 2.93. The van der Waals surface area contributed by atoms with Crippen LogP contribution in [0.2, 0.25) is 0 Å². The number of β-amino-alcohol motifs (C(OH)–C–C–N with tert-alkyl or cyclic N) is 1. The number of carbonyl (C=O) groups is 1. The van der Waals surface area contributed by atoms with E-state index in [0.29, 0.717) is 18.0 Å². The average Bonchev–Trinajstić information content (AvgIpc) is 2.85. The van der Waals surface area contributed by atoms with Crippen molar-refractivity contribution in [3.63, 3.8) is 0 Å². The standard InChI is InChI=1S/C16H26N4O5S/c1-10(2)5-12-6-13(18-16(23)17-12)15(22)20-7-11(14(21)8-20)9-26(24,25)19(3)4/h6,10-11,14,21H,5,7-9H2,1-4H3,(H,17,18,23)/t11-,14+/m0/s1. The Morgan fingerprint density at radius 1 is 1.42 bits per heavy atom. The molecule has 1 saturated heterocycles. The lowest BCUT2D eigenvalue weighted by atomic mass is 10.1. The molecule has 0 unspecified atom stereocenters. The van der Waals surface area contributed by atoms with E-state index in [1.54, 1.807) is 6.07 Å².